The molecule has 18 heavy (non-hydrogen) atoms. The van der Waals surface area contributed by atoms with Crippen LogP contribution in [0.3, 0.4) is 0 Å². The molecule has 2 heterocycles. The molecule has 1 aliphatic heterocycles. The molecule has 0 aliphatic carbocycles. The summed E-state index contributed by atoms with van der Waals surface area (Å²) in [7, 11) is 0. The molecular weight excluding hydrogens is 234 g/mol. The molecule has 1 aromatic rings. The van der Waals surface area contributed by atoms with E-state index in [-0.39, 0.29) is 6.15 Å². The van der Waals surface area contributed by atoms with E-state index < -0.39 is 0 Å². The SMILES string of the molecule is C=CCN1C(C)=C(CC)Cn2nnnc21.O=C=O. The lowest BCUT2D eigenvalue weighted by Crippen LogP contribution is -2.30. The Hall–Kier alpha value is -2.27. The van der Waals surface area contributed by atoms with Crippen molar-refractivity contribution in [2.75, 3.05) is 11.4 Å². The average Bonchev–Trinajstić information content (AvgIpc) is 2.81. The van der Waals surface area contributed by atoms with Gasteiger partial charge >= 0.3 is 6.15 Å². The fraction of sp³-hybridized carbons (Fsp3) is 0.455. The van der Waals surface area contributed by atoms with E-state index in [4.69, 9.17) is 9.59 Å². The monoisotopic (exact) mass is 249 g/mol. The van der Waals surface area contributed by atoms with Gasteiger partial charge in [0.1, 0.15) is 0 Å². The molecule has 1 aromatic heterocycles. The largest absolute Gasteiger partial charge is 0.373 e. The van der Waals surface area contributed by atoms with Crippen LogP contribution in [0.5, 0.6) is 0 Å². The predicted octanol–water partition coefficient (Wildman–Crippen LogP) is 0.780. The van der Waals surface area contributed by atoms with Crippen LogP contribution in [-0.4, -0.2) is 32.9 Å². The first kappa shape index (κ1) is 13.8. The molecule has 0 saturated carbocycles. The van der Waals surface area contributed by atoms with E-state index in [9.17, 15) is 0 Å². The Labute approximate surface area is 105 Å². The summed E-state index contributed by atoms with van der Waals surface area (Å²) in [4.78, 5) is 18.3. The molecule has 0 amide bonds. The lowest BCUT2D eigenvalue weighted by Gasteiger charge is -2.29. The van der Waals surface area contributed by atoms with Gasteiger partial charge in [-0.3, -0.25) is 0 Å². The second-order valence-electron chi connectivity index (χ2n) is 3.66. The van der Waals surface area contributed by atoms with E-state index in [1.165, 1.54) is 11.3 Å². The number of carbonyl (C=O) groups excluding carboxylic acids is 2. The van der Waals surface area contributed by atoms with Gasteiger partial charge in [0.05, 0.1) is 6.54 Å². The Morgan fingerprint density at radius 2 is 2.17 bits per heavy atom. The molecule has 0 aromatic carbocycles. The highest BCUT2D eigenvalue weighted by Crippen LogP contribution is 2.26. The number of anilines is 1. The summed E-state index contributed by atoms with van der Waals surface area (Å²) in [5.74, 6) is 0.810. The first-order valence-electron chi connectivity index (χ1n) is 5.52. The highest BCUT2D eigenvalue weighted by molar-refractivity contribution is 5.44. The standard InChI is InChI=1S/C10H15N5.CO2/c1-4-6-14-8(3)9(5-2)7-15-10(14)11-12-13-15;2-1-3/h4H,1,5-7H2,2-3H3;. The Morgan fingerprint density at radius 3 is 2.72 bits per heavy atom. The second kappa shape index (κ2) is 6.46. The minimum atomic E-state index is 0.250. The third-order valence-electron chi connectivity index (χ3n) is 2.75. The summed E-state index contributed by atoms with van der Waals surface area (Å²) < 4.78 is 1.83. The van der Waals surface area contributed by atoms with Gasteiger partial charge in [0.15, 0.2) is 0 Å². The van der Waals surface area contributed by atoms with Crippen molar-refractivity contribution >= 4 is 12.1 Å². The maximum Gasteiger partial charge on any atom is 0.373 e. The van der Waals surface area contributed by atoms with Gasteiger partial charge in [0, 0.05) is 12.2 Å². The van der Waals surface area contributed by atoms with E-state index >= 15 is 0 Å². The lowest BCUT2D eigenvalue weighted by molar-refractivity contribution is -0.191. The Balaban J connectivity index is 0.000000492. The van der Waals surface area contributed by atoms with Crippen LogP contribution < -0.4 is 4.90 Å². The number of tetrazole rings is 1. The van der Waals surface area contributed by atoms with Crippen LogP contribution in [0.15, 0.2) is 23.9 Å². The Bertz CT molecular complexity index is 485. The minimum absolute atomic E-state index is 0.250. The van der Waals surface area contributed by atoms with Gasteiger partial charge in [-0.05, 0) is 29.3 Å². The molecule has 96 valence electrons. The molecule has 2 rings (SSSR count). The summed E-state index contributed by atoms with van der Waals surface area (Å²) in [5.41, 5.74) is 2.62. The van der Waals surface area contributed by atoms with Crippen LogP contribution in [0.2, 0.25) is 0 Å². The van der Waals surface area contributed by atoms with Crippen molar-refractivity contribution in [2.45, 2.75) is 26.8 Å². The summed E-state index contributed by atoms with van der Waals surface area (Å²) in [5, 5.41) is 11.7. The van der Waals surface area contributed by atoms with Crippen molar-refractivity contribution in [1.29, 1.82) is 0 Å². The first-order chi connectivity index (χ1) is 8.69. The first-order valence-corrected chi connectivity index (χ1v) is 5.52. The molecule has 0 fully saturated rings. The molecule has 0 radical (unpaired) electrons. The van der Waals surface area contributed by atoms with Crippen molar-refractivity contribution in [3.63, 3.8) is 0 Å². The molecule has 0 atom stereocenters. The Morgan fingerprint density at radius 1 is 1.50 bits per heavy atom. The van der Waals surface area contributed by atoms with Crippen LogP contribution in [0.4, 0.5) is 5.95 Å². The molecular formula is C11H15N5O2. The van der Waals surface area contributed by atoms with Crippen LogP contribution in [0.25, 0.3) is 0 Å². The Kier molecular flexibility index (Phi) is 4.95. The summed E-state index contributed by atoms with van der Waals surface area (Å²) in [6.45, 7) is 9.57. The zero-order valence-corrected chi connectivity index (χ0v) is 10.5. The summed E-state index contributed by atoms with van der Waals surface area (Å²) in [6, 6.07) is 0. The number of aromatic nitrogens is 4. The van der Waals surface area contributed by atoms with Gasteiger partial charge in [0.25, 0.3) is 0 Å². The molecule has 0 spiro atoms. The zero-order valence-electron chi connectivity index (χ0n) is 10.5. The normalized spacial score (nSPS) is 13.3. The molecule has 0 N–H and O–H groups in total. The van der Waals surface area contributed by atoms with Crippen molar-refractivity contribution in [1.82, 2.24) is 20.2 Å². The third-order valence-corrected chi connectivity index (χ3v) is 2.75. The maximum atomic E-state index is 8.12. The van der Waals surface area contributed by atoms with Crippen molar-refractivity contribution in [3.8, 4) is 0 Å². The van der Waals surface area contributed by atoms with Crippen molar-refractivity contribution in [2.24, 2.45) is 0 Å². The predicted molar refractivity (Wildman–Crippen MR) is 63.4 cm³/mol. The van der Waals surface area contributed by atoms with Crippen LogP contribution >= 0.6 is 0 Å². The fourth-order valence-corrected chi connectivity index (χ4v) is 1.85. The number of rotatable bonds is 3. The van der Waals surface area contributed by atoms with Gasteiger partial charge in [0.2, 0.25) is 5.95 Å². The molecule has 1 aliphatic rings. The zero-order chi connectivity index (χ0) is 13.5. The van der Waals surface area contributed by atoms with E-state index in [0.717, 1.165) is 25.5 Å². The highest BCUT2D eigenvalue weighted by Gasteiger charge is 2.23. The number of hydrogen-bond acceptors (Lipinski definition) is 6. The number of fused-ring (bicyclic) bond motifs is 1. The molecule has 0 unspecified atom stereocenters. The molecule has 0 saturated heterocycles. The molecule has 7 nitrogen and oxygen atoms in total. The van der Waals surface area contributed by atoms with Gasteiger partial charge in [-0.2, -0.15) is 9.59 Å². The average molecular weight is 249 g/mol. The fourth-order valence-electron chi connectivity index (χ4n) is 1.85. The van der Waals surface area contributed by atoms with E-state index in [1.54, 1.807) is 0 Å². The van der Waals surface area contributed by atoms with Crippen LogP contribution in [-0.2, 0) is 16.1 Å². The van der Waals surface area contributed by atoms with E-state index in [0.29, 0.717) is 0 Å². The summed E-state index contributed by atoms with van der Waals surface area (Å²) in [6.07, 6.45) is 3.14. The number of nitrogens with zero attached hydrogens (tertiary/aromatic N) is 5. The quantitative estimate of drug-likeness (QED) is 0.736. The number of allylic oxidation sites excluding steroid dienone is 2. The highest BCUT2D eigenvalue weighted by atomic mass is 16.2. The van der Waals surface area contributed by atoms with Gasteiger partial charge in [-0.15, -0.1) is 6.58 Å². The van der Waals surface area contributed by atoms with Crippen LogP contribution in [0, 0.1) is 0 Å². The lowest BCUT2D eigenvalue weighted by atomic mass is 10.1. The van der Waals surface area contributed by atoms with E-state index in [2.05, 4.69) is 40.9 Å². The maximum absolute atomic E-state index is 8.12. The van der Waals surface area contributed by atoms with E-state index in [1.807, 2.05) is 10.8 Å². The number of hydrogen-bond donors (Lipinski definition) is 0. The molecule has 7 heteroatoms. The second-order valence-corrected chi connectivity index (χ2v) is 3.66. The van der Waals surface area contributed by atoms with Gasteiger partial charge < -0.3 is 4.90 Å². The van der Waals surface area contributed by atoms with Gasteiger partial charge in [-0.25, -0.2) is 4.68 Å². The van der Waals surface area contributed by atoms with Crippen LogP contribution in [0.1, 0.15) is 20.3 Å². The minimum Gasteiger partial charge on any atom is -0.310 e. The van der Waals surface area contributed by atoms with Gasteiger partial charge in [-0.1, -0.05) is 18.1 Å². The van der Waals surface area contributed by atoms with Crippen molar-refractivity contribution in [3.05, 3.63) is 23.9 Å². The van der Waals surface area contributed by atoms with Crippen molar-refractivity contribution < 1.29 is 9.59 Å². The smallest absolute Gasteiger partial charge is 0.310 e. The third kappa shape index (κ3) is 2.70. The summed E-state index contributed by atoms with van der Waals surface area (Å²) >= 11 is 0. The topological polar surface area (TPSA) is 81.0 Å². The molecule has 0 bridgehead atoms.